The van der Waals surface area contributed by atoms with Crippen LogP contribution in [0.5, 0.6) is 0 Å². The molecule has 1 nitrogen and oxygen atoms in total. The number of rotatable bonds is 8. The molecule has 1 heteroatoms. The van der Waals surface area contributed by atoms with Crippen LogP contribution < -0.4 is 5.32 Å². The van der Waals surface area contributed by atoms with Crippen molar-refractivity contribution in [2.24, 2.45) is 11.3 Å². The smallest absolute Gasteiger partial charge is 0.00173 e. The van der Waals surface area contributed by atoms with E-state index in [1.54, 1.807) is 0 Å². The number of hydrogen-bond donors (Lipinski definition) is 1. The molecule has 0 saturated carbocycles. The van der Waals surface area contributed by atoms with Crippen molar-refractivity contribution in [3.05, 3.63) is 35.4 Å². The Balaban J connectivity index is 2.54. The van der Waals surface area contributed by atoms with Crippen LogP contribution in [0.25, 0.3) is 0 Å². The van der Waals surface area contributed by atoms with Gasteiger partial charge in [0.05, 0.1) is 0 Å². The molecule has 0 saturated heterocycles. The predicted octanol–water partition coefficient (Wildman–Crippen LogP) is 4.98. The molecule has 0 aliphatic carbocycles. The van der Waals surface area contributed by atoms with E-state index in [-0.39, 0.29) is 0 Å². The molecule has 0 aliphatic heterocycles. The van der Waals surface area contributed by atoms with Crippen LogP contribution in [-0.2, 0) is 6.42 Å². The fourth-order valence-electron chi connectivity index (χ4n) is 2.45. The van der Waals surface area contributed by atoms with Crippen molar-refractivity contribution in [2.75, 3.05) is 13.1 Å². The van der Waals surface area contributed by atoms with Crippen molar-refractivity contribution in [3.63, 3.8) is 0 Å². The number of benzene rings is 1. The average Bonchev–Trinajstić information content (AvgIpc) is 2.37. The van der Waals surface area contributed by atoms with Crippen molar-refractivity contribution >= 4 is 0 Å². The highest BCUT2D eigenvalue weighted by atomic mass is 14.8. The monoisotopic (exact) mass is 275 g/mol. The first-order chi connectivity index (χ1) is 9.40. The number of nitrogens with one attached hydrogen (secondary N) is 1. The predicted molar refractivity (Wildman–Crippen MR) is 90.2 cm³/mol. The molecule has 0 aliphatic rings. The van der Waals surface area contributed by atoms with Crippen LogP contribution in [0.2, 0.25) is 0 Å². The Bertz CT molecular complexity index is 358. The van der Waals surface area contributed by atoms with E-state index in [4.69, 9.17) is 0 Å². The van der Waals surface area contributed by atoms with Crippen molar-refractivity contribution in [3.8, 4) is 0 Å². The van der Waals surface area contributed by atoms with Gasteiger partial charge in [-0.15, -0.1) is 0 Å². The Morgan fingerprint density at radius 3 is 2.30 bits per heavy atom. The van der Waals surface area contributed by atoms with Crippen molar-refractivity contribution in [1.29, 1.82) is 0 Å². The summed E-state index contributed by atoms with van der Waals surface area (Å²) in [6.45, 7) is 13.7. The van der Waals surface area contributed by atoms with Crippen LogP contribution in [0.15, 0.2) is 24.3 Å². The Kier molecular flexibility index (Phi) is 7.29. The second kappa shape index (κ2) is 8.46. The van der Waals surface area contributed by atoms with Gasteiger partial charge in [0.25, 0.3) is 0 Å². The molecule has 0 fully saturated rings. The van der Waals surface area contributed by atoms with Gasteiger partial charge in [0.15, 0.2) is 0 Å². The molecule has 20 heavy (non-hydrogen) atoms. The first-order valence-corrected chi connectivity index (χ1v) is 8.17. The van der Waals surface area contributed by atoms with E-state index >= 15 is 0 Å². The summed E-state index contributed by atoms with van der Waals surface area (Å²) in [6, 6.07) is 9.05. The lowest BCUT2D eigenvalue weighted by atomic mass is 9.84. The second-order valence-corrected chi connectivity index (χ2v) is 7.36. The van der Waals surface area contributed by atoms with E-state index in [1.165, 1.54) is 36.8 Å². The van der Waals surface area contributed by atoms with Crippen LogP contribution in [-0.4, -0.2) is 13.1 Å². The van der Waals surface area contributed by atoms with Gasteiger partial charge < -0.3 is 5.32 Å². The maximum absolute atomic E-state index is 3.60. The van der Waals surface area contributed by atoms with Crippen molar-refractivity contribution < 1.29 is 0 Å². The van der Waals surface area contributed by atoms with E-state index in [0.717, 1.165) is 19.0 Å². The van der Waals surface area contributed by atoms with Crippen molar-refractivity contribution in [2.45, 2.75) is 60.3 Å². The molecule has 0 radical (unpaired) electrons. The van der Waals surface area contributed by atoms with E-state index in [0.29, 0.717) is 5.41 Å². The highest BCUT2D eigenvalue weighted by Crippen LogP contribution is 2.25. The Morgan fingerprint density at radius 1 is 1.10 bits per heavy atom. The minimum atomic E-state index is 0.441. The van der Waals surface area contributed by atoms with E-state index in [1.807, 2.05) is 0 Å². The molecular weight excluding hydrogens is 242 g/mol. The summed E-state index contributed by atoms with van der Waals surface area (Å²) in [5.74, 6) is 0.753. The maximum atomic E-state index is 3.60. The third-order valence-corrected chi connectivity index (χ3v) is 3.81. The SMILES string of the molecule is CCCNCC(CCC(C)(C)C)Cc1ccc(C)cc1. The molecule has 1 aromatic carbocycles. The van der Waals surface area contributed by atoms with Gasteiger partial charge in [0.1, 0.15) is 0 Å². The average molecular weight is 275 g/mol. The Labute approximate surface area is 126 Å². The molecule has 1 N–H and O–H groups in total. The number of aryl methyl sites for hydroxylation is 1. The summed E-state index contributed by atoms with van der Waals surface area (Å²) in [5, 5.41) is 3.60. The van der Waals surface area contributed by atoms with Gasteiger partial charge in [-0.2, -0.15) is 0 Å². The normalized spacial score (nSPS) is 13.4. The Hall–Kier alpha value is -0.820. The third-order valence-electron chi connectivity index (χ3n) is 3.81. The van der Waals surface area contributed by atoms with E-state index in [9.17, 15) is 0 Å². The van der Waals surface area contributed by atoms with Crippen molar-refractivity contribution in [1.82, 2.24) is 5.32 Å². The quantitative estimate of drug-likeness (QED) is 0.660. The zero-order chi connectivity index (χ0) is 15.0. The Morgan fingerprint density at radius 2 is 1.75 bits per heavy atom. The molecule has 114 valence electrons. The summed E-state index contributed by atoms with van der Waals surface area (Å²) in [4.78, 5) is 0. The minimum absolute atomic E-state index is 0.441. The van der Waals surface area contributed by atoms with Crippen LogP contribution in [0.4, 0.5) is 0 Å². The van der Waals surface area contributed by atoms with Gasteiger partial charge >= 0.3 is 0 Å². The van der Waals surface area contributed by atoms with Gasteiger partial charge in [0.2, 0.25) is 0 Å². The lowest BCUT2D eigenvalue weighted by Crippen LogP contribution is -2.26. The maximum Gasteiger partial charge on any atom is -0.00173 e. The first-order valence-electron chi connectivity index (χ1n) is 8.17. The fraction of sp³-hybridized carbons (Fsp3) is 0.684. The molecule has 0 aromatic heterocycles. The van der Waals surface area contributed by atoms with Gasteiger partial charge in [-0.25, -0.2) is 0 Å². The molecule has 0 spiro atoms. The summed E-state index contributed by atoms with van der Waals surface area (Å²) in [7, 11) is 0. The molecule has 1 unspecified atom stereocenters. The lowest BCUT2D eigenvalue weighted by Gasteiger charge is -2.23. The molecule has 1 rings (SSSR count). The largest absolute Gasteiger partial charge is 0.316 e. The van der Waals surface area contributed by atoms with E-state index in [2.05, 4.69) is 64.2 Å². The van der Waals surface area contributed by atoms with Gasteiger partial charge in [0, 0.05) is 0 Å². The van der Waals surface area contributed by atoms with E-state index < -0.39 is 0 Å². The summed E-state index contributed by atoms with van der Waals surface area (Å²) < 4.78 is 0. The highest BCUT2D eigenvalue weighted by Gasteiger charge is 2.15. The molecule has 1 aromatic rings. The molecule has 0 bridgehead atoms. The summed E-state index contributed by atoms with van der Waals surface area (Å²) >= 11 is 0. The molecule has 0 heterocycles. The molecule has 0 amide bonds. The van der Waals surface area contributed by atoms with Gasteiger partial charge in [-0.3, -0.25) is 0 Å². The summed E-state index contributed by atoms with van der Waals surface area (Å²) in [5.41, 5.74) is 3.27. The van der Waals surface area contributed by atoms with Crippen LogP contribution in [0, 0.1) is 18.3 Å². The molecule has 1 atom stereocenters. The second-order valence-electron chi connectivity index (χ2n) is 7.36. The minimum Gasteiger partial charge on any atom is -0.316 e. The van der Waals surface area contributed by atoms with Crippen LogP contribution in [0.1, 0.15) is 58.1 Å². The first kappa shape index (κ1) is 17.2. The highest BCUT2D eigenvalue weighted by molar-refractivity contribution is 5.21. The van der Waals surface area contributed by atoms with Crippen LogP contribution in [0.3, 0.4) is 0 Å². The zero-order valence-electron chi connectivity index (χ0n) is 14.1. The number of hydrogen-bond acceptors (Lipinski definition) is 1. The standard InChI is InChI=1S/C19H33N/c1-6-13-20-15-18(11-12-19(3,4)5)14-17-9-7-16(2)8-10-17/h7-10,18,20H,6,11-15H2,1-5H3. The topological polar surface area (TPSA) is 12.0 Å². The van der Waals surface area contributed by atoms with Gasteiger partial charge in [-0.05, 0) is 62.6 Å². The summed E-state index contributed by atoms with van der Waals surface area (Å²) in [6.07, 6.45) is 5.04. The fourth-order valence-corrected chi connectivity index (χ4v) is 2.45. The lowest BCUT2D eigenvalue weighted by molar-refractivity contribution is 0.314. The van der Waals surface area contributed by atoms with Gasteiger partial charge in [-0.1, -0.05) is 57.5 Å². The van der Waals surface area contributed by atoms with Crippen LogP contribution >= 0.6 is 0 Å². The zero-order valence-corrected chi connectivity index (χ0v) is 14.1. The third kappa shape index (κ3) is 7.69. The molecular formula is C19H33N.